The third-order valence-corrected chi connectivity index (χ3v) is 0.980. The van der Waals surface area contributed by atoms with Gasteiger partial charge >= 0.3 is 5.97 Å². The lowest BCUT2D eigenvalue weighted by molar-refractivity contribution is -0.132. The summed E-state index contributed by atoms with van der Waals surface area (Å²) < 4.78 is 4.50. The standard InChI is InChI=1S/C6H6O3/c1-2-5-4(7)3-6(8)9-5/h2-3,7H,1H3/b5-2-. The molecule has 0 aromatic rings. The van der Waals surface area contributed by atoms with E-state index in [0.29, 0.717) is 0 Å². The van der Waals surface area contributed by atoms with Gasteiger partial charge in [0, 0.05) is 0 Å². The number of hydrogen-bond donors (Lipinski definition) is 1. The molecule has 0 bridgehead atoms. The first-order valence-corrected chi connectivity index (χ1v) is 2.53. The Morgan fingerprint density at radius 3 is 2.67 bits per heavy atom. The zero-order valence-electron chi connectivity index (χ0n) is 4.92. The Labute approximate surface area is 52.2 Å². The highest BCUT2D eigenvalue weighted by Crippen LogP contribution is 2.15. The van der Waals surface area contributed by atoms with Crippen molar-refractivity contribution in [3.8, 4) is 0 Å². The molecule has 0 aromatic heterocycles. The minimum absolute atomic E-state index is 0.0949. The van der Waals surface area contributed by atoms with Gasteiger partial charge < -0.3 is 9.84 Å². The fourth-order valence-electron chi connectivity index (χ4n) is 0.580. The van der Waals surface area contributed by atoms with Gasteiger partial charge in [-0.15, -0.1) is 0 Å². The van der Waals surface area contributed by atoms with Crippen LogP contribution in [0.3, 0.4) is 0 Å². The average Bonchev–Trinajstić information content (AvgIpc) is 2.10. The van der Waals surface area contributed by atoms with E-state index in [1.807, 2.05) is 0 Å². The molecular weight excluding hydrogens is 120 g/mol. The molecule has 48 valence electrons. The summed E-state index contributed by atoms with van der Waals surface area (Å²) in [5, 5.41) is 8.81. The zero-order chi connectivity index (χ0) is 6.85. The second-order valence-electron chi connectivity index (χ2n) is 1.60. The van der Waals surface area contributed by atoms with E-state index in [1.165, 1.54) is 6.08 Å². The Hall–Kier alpha value is -1.25. The number of cyclic esters (lactones) is 1. The van der Waals surface area contributed by atoms with Gasteiger partial charge in [0.2, 0.25) is 0 Å². The summed E-state index contributed by atoms with van der Waals surface area (Å²) in [6.07, 6.45) is 2.56. The van der Waals surface area contributed by atoms with Crippen LogP contribution in [0, 0.1) is 0 Å². The van der Waals surface area contributed by atoms with Crippen molar-refractivity contribution in [2.45, 2.75) is 6.92 Å². The molecule has 0 fully saturated rings. The number of aliphatic hydroxyl groups excluding tert-OH is 1. The first kappa shape index (κ1) is 5.88. The van der Waals surface area contributed by atoms with Crippen molar-refractivity contribution in [2.75, 3.05) is 0 Å². The predicted octanol–water partition coefficient (Wildman–Crippen LogP) is 0.889. The maximum Gasteiger partial charge on any atom is 0.340 e. The van der Waals surface area contributed by atoms with Crippen LogP contribution in [0.5, 0.6) is 0 Å². The Morgan fingerprint density at radius 2 is 2.44 bits per heavy atom. The van der Waals surface area contributed by atoms with Crippen molar-refractivity contribution in [2.24, 2.45) is 0 Å². The number of aliphatic hydroxyl groups is 1. The first-order chi connectivity index (χ1) is 4.24. The largest absolute Gasteiger partial charge is 0.504 e. The molecule has 1 aliphatic heterocycles. The lowest BCUT2D eigenvalue weighted by Gasteiger charge is -1.92. The molecule has 3 heteroatoms. The van der Waals surface area contributed by atoms with Crippen LogP contribution in [0.15, 0.2) is 23.7 Å². The Kier molecular flexibility index (Phi) is 1.26. The highest BCUT2D eigenvalue weighted by Gasteiger charge is 2.17. The van der Waals surface area contributed by atoms with Gasteiger partial charge in [-0.3, -0.25) is 0 Å². The summed E-state index contributed by atoms with van der Waals surface area (Å²) >= 11 is 0. The molecular formula is C6H6O3. The summed E-state index contributed by atoms with van der Waals surface area (Å²) in [7, 11) is 0. The minimum atomic E-state index is -0.513. The summed E-state index contributed by atoms with van der Waals surface area (Å²) in [6, 6.07) is 0. The van der Waals surface area contributed by atoms with Crippen LogP contribution in [0.2, 0.25) is 0 Å². The average molecular weight is 126 g/mol. The van der Waals surface area contributed by atoms with Gasteiger partial charge in [-0.25, -0.2) is 4.79 Å². The normalized spacial score (nSPS) is 22.1. The van der Waals surface area contributed by atoms with Gasteiger partial charge in [0.1, 0.15) is 0 Å². The van der Waals surface area contributed by atoms with Gasteiger partial charge in [-0.05, 0) is 13.0 Å². The number of carbonyl (C=O) groups excluding carboxylic acids is 1. The van der Waals surface area contributed by atoms with Crippen LogP contribution in [0.1, 0.15) is 6.92 Å². The monoisotopic (exact) mass is 126 g/mol. The fraction of sp³-hybridized carbons (Fsp3) is 0.167. The van der Waals surface area contributed by atoms with Crippen molar-refractivity contribution < 1.29 is 14.6 Å². The number of allylic oxidation sites excluding steroid dienone is 1. The van der Waals surface area contributed by atoms with Crippen LogP contribution in [0.4, 0.5) is 0 Å². The Bertz CT molecular complexity index is 200. The second kappa shape index (κ2) is 1.93. The number of hydrogen-bond acceptors (Lipinski definition) is 3. The minimum Gasteiger partial charge on any atom is -0.504 e. The molecule has 9 heavy (non-hydrogen) atoms. The van der Waals surface area contributed by atoms with Crippen LogP contribution >= 0.6 is 0 Å². The molecule has 0 atom stereocenters. The van der Waals surface area contributed by atoms with Crippen LogP contribution < -0.4 is 0 Å². The molecule has 0 radical (unpaired) electrons. The molecule has 0 aliphatic carbocycles. The molecule has 0 saturated carbocycles. The van der Waals surface area contributed by atoms with Crippen molar-refractivity contribution >= 4 is 5.97 Å². The van der Waals surface area contributed by atoms with Crippen LogP contribution in [-0.2, 0) is 9.53 Å². The first-order valence-electron chi connectivity index (χ1n) is 2.53. The van der Waals surface area contributed by atoms with Crippen molar-refractivity contribution in [1.29, 1.82) is 0 Å². The quantitative estimate of drug-likeness (QED) is 0.490. The van der Waals surface area contributed by atoms with Gasteiger partial charge in [0.25, 0.3) is 0 Å². The molecule has 1 aliphatic rings. The highest BCUT2D eigenvalue weighted by atomic mass is 16.6. The Morgan fingerprint density at radius 1 is 1.78 bits per heavy atom. The van der Waals surface area contributed by atoms with E-state index in [2.05, 4.69) is 4.74 Å². The molecule has 0 spiro atoms. The summed E-state index contributed by atoms with van der Waals surface area (Å²) in [4.78, 5) is 10.3. The molecule has 0 unspecified atom stereocenters. The number of rotatable bonds is 0. The molecule has 1 rings (SSSR count). The summed E-state index contributed by atoms with van der Waals surface area (Å²) in [5.41, 5.74) is 0. The number of carbonyl (C=O) groups is 1. The highest BCUT2D eigenvalue weighted by molar-refractivity contribution is 5.87. The van der Waals surface area contributed by atoms with Crippen LogP contribution in [0.25, 0.3) is 0 Å². The lowest BCUT2D eigenvalue weighted by Crippen LogP contribution is -1.89. The van der Waals surface area contributed by atoms with Gasteiger partial charge in [0.15, 0.2) is 11.5 Å². The van der Waals surface area contributed by atoms with E-state index in [1.54, 1.807) is 6.92 Å². The predicted molar refractivity (Wildman–Crippen MR) is 30.6 cm³/mol. The smallest absolute Gasteiger partial charge is 0.340 e. The molecule has 0 saturated heterocycles. The van der Waals surface area contributed by atoms with E-state index in [9.17, 15) is 4.79 Å². The van der Waals surface area contributed by atoms with E-state index >= 15 is 0 Å². The van der Waals surface area contributed by atoms with E-state index < -0.39 is 5.97 Å². The van der Waals surface area contributed by atoms with Gasteiger partial charge in [-0.2, -0.15) is 0 Å². The lowest BCUT2D eigenvalue weighted by atomic mass is 10.4. The van der Waals surface area contributed by atoms with Crippen LogP contribution in [-0.4, -0.2) is 11.1 Å². The van der Waals surface area contributed by atoms with E-state index in [0.717, 1.165) is 6.08 Å². The molecule has 0 amide bonds. The zero-order valence-corrected chi connectivity index (χ0v) is 4.92. The van der Waals surface area contributed by atoms with Crippen molar-refractivity contribution in [1.82, 2.24) is 0 Å². The molecule has 1 N–H and O–H groups in total. The number of ether oxygens (including phenoxy) is 1. The van der Waals surface area contributed by atoms with Crippen molar-refractivity contribution in [3.05, 3.63) is 23.7 Å². The number of esters is 1. The van der Waals surface area contributed by atoms with Gasteiger partial charge in [0.05, 0.1) is 6.08 Å². The maximum atomic E-state index is 10.3. The summed E-state index contributed by atoms with van der Waals surface area (Å²) in [5.74, 6) is -0.372. The third-order valence-electron chi connectivity index (χ3n) is 0.980. The molecule has 3 nitrogen and oxygen atoms in total. The van der Waals surface area contributed by atoms with Gasteiger partial charge in [-0.1, -0.05) is 0 Å². The molecule has 0 aromatic carbocycles. The topological polar surface area (TPSA) is 46.5 Å². The SMILES string of the molecule is C/C=C1\OC(=O)C=C1O. The summed E-state index contributed by atoms with van der Waals surface area (Å²) in [6.45, 7) is 1.68. The van der Waals surface area contributed by atoms with E-state index in [-0.39, 0.29) is 11.5 Å². The maximum absolute atomic E-state index is 10.3. The fourth-order valence-corrected chi connectivity index (χ4v) is 0.580. The van der Waals surface area contributed by atoms with Crippen molar-refractivity contribution in [3.63, 3.8) is 0 Å². The van der Waals surface area contributed by atoms with E-state index in [4.69, 9.17) is 5.11 Å². The second-order valence-corrected chi connectivity index (χ2v) is 1.60. The Balaban J connectivity index is 2.89. The molecule has 1 heterocycles. The third kappa shape index (κ3) is 0.937.